The SMILES string of the molecule is CCN(C)C(=O)C(C)NS(=O)(=O)c1cccc(C(=O)O)c1. The summed E-state index contributed by atoms with van der Waals surface area (Å²) < 4.78 is 26.6. The first-order valence-electron chi connectivity index (χ1n) is 6.29. The van der Waals surface area contributed by atoms with Crippen molar-refractivity contribution in [3.63, 3.8) is 0 Å². The molecule has 0 bridgehead atoms. The molecule has 0 radical (unpaired) electrons. The number of carbonyl (C=O) groups excluding carboxylic acids is 1. The highest BCUT2D eigenvalue weighted by Crippen LogP contribution is 2.12. The number of carboxylic acid groups (broad SMARTS) is 1. The molecule has 1 rings (SSSR count). The quantitative estimate of drug-likeness (QED) is 0.797. The van der Waals surface area contributed by atoms with Crippen LogP contribution < -0.4 is 4.72 Å². The Labute approximate surface area is 123 Å². The standard InChI is InChI=1S/C13H18N2O5S/c1-4-15(3)12(16)9(2)14-21(19,20)11-7-5-6-10(8-11)13(17)18/h5-9,14H,4H2,1-3H3,(H,17,18). The maximum absolute atomic E-state index is 12.2. The average molecular weight is 314 g/mol. The second-order valence-corrected chi connectivity index (χ2v) is 6.24. The number of hydrogen-bond acceptors (Lipinski definition) is 4. The van der Waals surface area contributed by atoms with E-state index in [2.05, 4.69) is 4.72 Å². The van der Waals surface area contributed by atoms with Crippen molar-refractivity contribution in [3.05, 3.63) is 29.8 Å². The lowest BCUT2D eigenvalue weighted by molar-refractivity contribution is -0.131. The molecule has 0 saturated heterocycles. The van der Waals surface area contributed by atoms with Gasteiger partial charge in [-0.1, -0.05) is 6.07 Å². The first-order valence-corrected chi connectivity index (χ1v) is 7.78. The molecule has 0 aromatic heterocycles. The van der Waals surface area contributed by atoms with Gasteiger partial charge in [0.25, 0.3) is 0 Å². The van der Waals surface area contributed by atoms with E-state index in [0.29, 0.717) is 6.54 Å². The van der Waals surface area contributed by atoms with Gasteiger partial charge in [0.15, 0.2) is 0 Å². The van der Waals surface area contributed by atoms with Gasteiger partial charge in [0, 0.05) is 13.6 Å². The van der Waals surface area contributed by atoms with Crippen LogP contribution in [-0.2, 0) is 14.8 Å². The second kappa shape index (κ2) is 6.68. The van der Waals surface area contributed by atoms with Crippen molar-refractivity contribution in [3.8, 4) is 0 Å². The van der Waals surface area contributed by atoms with Crippen LogP contribution in [0.1, 0.15) is 24.2 Å². The Morgan fingerprint density at radius 2 is 2.00 bits per heavy atom. The minimum absolute atomic E-state index is 0.137. The second-order valence-electron chi connectivity index (χ2n) is 4.53. The van der Waals surface area contributed by atoms with Crippen molar-refractivity contribution < 1.29 is 23.1 Å². The molecular weight excluding hydrogens is 296 g/mol. The van der Waals surface area contributed by atoms with Crippen molar-refractivity contribution in [1.82, 2.24) is 9.62 Å². The maximum atomic E-state index is 12.2. The summed E-state index contributed by atoms with van der Waals surface area (Å²) in [4.78, 5) is 23.9. The van der Waals surface area contributed by atoms with E-state index in [9.17, 15) is 18.0 Å². The van der Waals surface area contributed by atoms with Gasteiger partial charge in [0.2, 0.25) is 15.9 Å². The Morgan fingerprint density at radius 3 is 2.52 bits per heavy atom. The fraction of sp³-hybridized carbons (Fsp3) is 0.385. The molecule has 0 fully saturated rings. The molecule has 0 aliphatic carbocycles. The van der Waals surface area contributed by atoms with E-state index < -0.39 is 22.0 Å². The summed E-state index contributed by atoms with van der Waals surface area (Å²) in [6.45, 7) is 3.67. The number of benzene rings is 1. The van der Waals surface area contributed by atoms with Crippen LogP contribution in [0.3, 0.4) is 0 Å². The minimum Gasteiger partial charge on any atom is -0.478 e. The highest BCUT2D eigenvalue weighted by Gasteiger charge is 2.24. The summed E-state index contributed by atoms with van der Waals surface area (Å²) in [6, 6.07) is 4.01. The highest BCUT2D eigenvalue weighted by atomic mass is 32.2. The number of hydrogen-bond donors (Lipinski definition) is 2. The van der Waals surface area contributed by atoms with Crippen molar-refractivity contribution in [1.29, 1.82) is 0 Å². The number of aromatic carboxylic acids is 1. The molecule has 0 saturated carbocycles. The largest absolute Gasteiger partial charge is 0.478 e. The van der Waals surface area contributed by atoms with Crippen LogP contribution in [0.15, 0.2) is 29.2 Å². The molecule has 0 aliphatic rings. The predicted octanol–water partition coefficient (Wildman–Crippen LogP) is 0.530. The Morgan fingerprint density at radius 1 is 1.38 bits per heavy atom. The highest BCUT2D eigenvalue weighted by molar-refractivity contribution is 7.89. The molecule has 8 heteroatoms. The Balaban J connectivity index is 2.99. The number of nitrogens with one attached hydrogen (secondary N) is 1. The number of likely N-dealkylation sites (N-methyl/N-ethyl adjacent to an activating group) is 1. The van der Waals surface area contributed by atoms with Crippen LogP contribution in [0.5, 0.6) is 0 Å². The maximum Gasteiger partial charge on any atom is 0.335 e. The van der Waals surface area contributed by atoms with Crippen LogP contribution >= 0.6 is 0 Å². The Kier molecular flexibility index (Phi) is 5.45. The van der Waals surface area contributed by atoms with Gasteiger partial charge in [-0.15, -0.1) is 0 Å². The molecule has 0 heterocycles. The van der Waals surface area contributed by atoms with Gasteiger partial charge >= 0.3 is 5.97 Å². The van der Waals surface area contributed by atoms with Gasteiger partial charge in [-0.05, 0) is 32.0 Å². The van der Waals surface area contributed by atoms with Gasteiger partial charge in [-0.3, -0.25) is 4.79 Å². The summed E-state index contributed by atoms with van der Waals surface area (Å²) in [5.41, 5.74) is -0.137. The number of amides is 1. The summed E-state index contributed by atoms with van der Waals surface area (Å²) in [5, 5.41) is 8.87. The summed E-state index contributed by atoms with van der Waals surface area (Å²) >= 11 is 0. The van der Waals surface area contributed by atoms with Crippen LogP contribution in [0.2, 0.25) is 0 Å². The number of rotatable bonds is 6. The molecule has 1 atom stereocenters. The molecule has 0 spiro atoms. The molecule has 2 N–H and O–H groups in total. The van der Waals surface area contributed by atoms with Gasteiger partial charge < -0.3 is 10.0 Å². The zero-order chi connectivity index (χ0) is 16.2. The molecule has 1 amide bonds. The van der Waals surface area contributed by atoms with E-state index >= 15 is 0 Å². The fourth-order valence-electron chi connectivity index (χ4n) is 1.63. The van der Waals surface area contributed by atoms with Crippen molar-refractivity contribution in [2.45, 2.75) is 24.8 Å². The van der Waals surface area contributed by atoms with E-state index in [4.69, 9.17) is 5.11 Å². The zero-order valence-corrected chi connectivity index (χ0v) is 12.8. The molecule has 21 heavy (non-hydrogen) atoms. The smallest absolute Gasteiger partial charge is 0.335 e. The lowest BCUT2D eigenvalue weighted by Crippen LogP contribution is -2.45. The van der Waals surface area contributed by atoms with Gasteiger partial charge in [0.05, 0.1) is 16.5 Å². The molecule has 116 valence electrons. The van der Waals surface area contributed by atoms with E-state index in [0.717, 1.165) is 6.07 Å². The lowest BCUT2D eigenvalue weighted by Gasteiger charge is -2.20. The van der Waals surface area contributed by atoms with Crippen LogP contribution in [0, 0.1) is 0 Å². The fourth-order valence-corrected chi connectivity index (χ4v) is 2.88. The monoisotopic (exact) mass is 314 g/mol. The predicted molar refractivity (Wildman–Crippen MR) is 76.5 cm³/mol. The first kappa shape index (κ1) is 17.1. The van der Waals surface area contributed by atoms with E-state index in [1.54, 1.807) is 14.0 Å². The number of sulfonamides is 1. The summed E-state index contributed by atoms with van der Waals surface area (Å²) in [6.07, 6.45) is 0. The van der Waals surface area contributed by atoms with Crippen molar-refractivity contribution >= 4 is 21.9 Å². The van der Waals surface area contributed by atoms with E-state index in [1.807, 2.05) is 0 Å². The Hall–Kier alpha value is -1.93. The topological polar surface area (TPSA) is 104 Å². The molecule has 7 nitrogen and oxygen atoms in total. The van der Waals surface area contributed by atoms with Crippen molar-refractivity contribution in [2.24, 2.45) is 0 Å². The normalized spacial score (nSPS) is 12.7. The van der Waals surface area contributed by atoms with E-state index in [1.165, 1.54) is 30.0 Å². The third-order valence-corrected chi connectivity index (χ3v) is 4.48. The van der Waals surface area contributed by atoms with Crippen LogP contribution in [0.25, 0.3) is 0 Å². The number of carbonyl (C=O) groups is 2. The third kappa shape index (κ3) is 4.27. The first-order chi connectivity index (χ1) is 9.69. The summed E-state index contributed by atoms with van der Waals surface area (Å²) in [7, 11) is -2.40. The van der Waals surface area contributed by atoms with Crippen LogP contribution in [-0.4, -0.2) is 49.9 Å². The zero-order valence-electron chi connectivity index (χ0n) is 12.0. The van der Waals surface area contributed by atoms with Gasteiger partial charge in [-0.25, -0.2) is 13.2 Å². The molecule has 1 aromatic carbocycles. The third-order valence-electron chi connectivity index (χ3n) is 2.94. The van der Waals surface area contributed by atoms with E-state index in [-0.39, 0.29) is 16.4 Å². The molecule has 1 unspecified atom stereocenters. The van der Waals surface area contributed by atoms with Gasteiger partial charge in [0.1, 0.15) is 0 Å². The average Bonchev–Trinajstić information content (AvgIpc) is 2.45. The summed E-state index contributed by atoms with van der Waals surface area (Å²) in [5.74, 6) is -1.59. The van der Waals surface area contributed by atoms with Crippen LogP contribution in [0.4, 0.5) is 0 Å². The number of carboxylic acids is 1. The molecule has 1 aromatic rings. The molecular formula is C13H18N2O5S. The number of nitrogens with zero attached hydrogens (tertiary/aromatic N) is 1. The van der Waals surface area contributed by atoms with Gasteiger partial charge in [-0.2, -0.15) is 4.72 Å². The Bertz CT molecular complexity index is 642. The lowest BCUT2D eigenvalue weighted by atomic mass is 10.2. The minimum atomic E-state index is -3.96. The van der Waals surface area contributed by atoms with Crippen molar-refractivity contribution in [2.75, 3.05) is 13.6 Å². The molecule has 0 aliphatic heterocycles.